The van der Waals surface area contributed by atoms with Crippen molar-refractivity contribution in [3.63, 3.8) is 0 Å². The highest BCUT2D eigenvalue weighted by Crippen LogP contribution is 2.08. The average molecular weight is 236 g/mol. The van der Waals surface area contributed by atoms with E-state index in [1.54, 1.807) is 10.9 Å². The van der Waals surface area contributed by atoms with E-state index in [1.807, 2.05) is 6.92 Å². The molecule has 9 nitrogen and oxygen atoms in total. The van der Waals surface area contributed by atoms with Gasteiger partial charge in [0.2, 0.25) is 0 Å². The number of carbonyl (C=O) groups excluding carboxylic acids is 1. The van der Waals surface area contributed by atoms with Gasteiger partial charge in [-0.3, -0.25) is 9.48 Å². The maximum Gasteiger partial charge on any atom is 0.274 e. The van der Waals surface area contributed by atoms with Gasteiger partial charge in [0, 0.05) is 12.7 Å². The molecule has 0 unspecified atom stereocenters. The van der Waals surface area contributed by atoms with Gasteiger partial charge in [0.25, 0.3) is 5.91 Å². The molecule has 0 atom stereocenters. The number of aromatic amines is 1. The first-order valence-electron chi connectivity index (χ1n) is 5.04. The molecule has 4 N–H and O–H groups in total. The second-order valence-corrected chi connectivity index (χ2v) is 3.30. The van der Waals surface area contributed by atoms with E-state index >= 15 is 0 Å². The molecule has 0 bridgehead atoms. The standard InChI is InChI=1S/C8H12N8O/c1-2-16-4-5(9)7(13-16)8(17)10-3-6-11-14-15-12-6/h4H,2-3,9H2,1H3,(H,10,17)(H,11,12,14,15). The van der Waals surface area contributed by atoms with E-state index < -0.39 is 0 Å². The van der Waals surface area contributed by atoms with Gasteiger partial charge < -0.3 is 11.1 Å². The predicted octanol–water partition coefficient (Wildman–Crippen LogP) is -1.07. The Morgan fingerprint density at radius 1 is 1.65 bits per heavy atom. The number of hydrogen-bond acceptors (Lipinski definition) is 6. The number of nitrogen functional groups attached to an aromatic ring is 1. The number of rotatable bonds is 4. The van der Waals surface area contributed by atoms with Crippen molar-refractivity contribution in [2.75, 3.05) is 5.73 Å². The van der Waals surface area contributed by atoms with Crippen LogP contribution < -0.4 is 11.1 Å². The molecule has 2 heterocycles. The summed E-state index contributed by atoms with van der Waals surface area (Å²) in [6.45, 7) is 2.74. The molecule has 9 heteroatoms. The lowest BCUT2D eigenvalue weighted by Crippen LogP contribution is -2.24. The largest absolute Gasteiger partial charge is 0.396 e. The number of H-pyrrole nitrogens is 1. The number of anilines is 1. The Morgan fingerprint density at radius 2 is 2.47 bits per heavy atom. The third-order valence-electron chi connectivity index (χ3n) is 2.13. The summed E-state index contributed by atoms with van der Waals surface area (Å²) >= 11 is 0. The SMILES string of the molecule is CCn1cc(N)c(C(=O)NCc2nn[nH]n2)n1. The van der Waals surface area contributed by atoms with Crippen LogP contribution in [-0.2, 0) is 13.1 Å². The lowest BCUT2D eigenvalue weighted by molar-refractivity contribution is 0.0945. The molecule has 0 spiro atoms. The molecule has 0 aliphatic rings. The molecule has 2 rings (SSSR count). The van der Waals surface area contributed by atoms with Gasteiger partial charge in [0.15, 0.2) is 11.5 Å². The predicted molar refractivity (Wildman–Crippen MR) is 57.7 cm³/mol. The zero-order valence-electron chi connectivity index (χ0n) is 9.21. The van der Waals surface area contributed by atoms with Gasteiger partial charge in [0.05, 0.1) is 12.2 Å². The molecular weight excluding hydrogens is 224 g/mol. The normalized spacial score (nSPS) is 10.4. The number of carbonyl (C=O) groups is 1. The van der Waals surface area contributed by atoms with Crippen LogP contribution in [0.3, 0.4) is 0 Å². The first-order valence-corrected chi connectivity index (χ1v) is 5.04. The summed E-state index contributed by atoms with van der Waals surface area (Å²) in [6.07, 6.45) is 1.61. The number of aryl methyl sites for hydroxylation is 1. The number of nitrogens with two attached hydrogens (primary N) is 1. The number of aromatic nitrogens is 6. The minimum Gasteiger partial charge on any atom is -0.396 e. The molecule has 2 aromatic heterocycles. The van der Waals surface area contributed by atoms with Crippen molar-refractivity contribution in [3.05, 3.63) is 17.7 Å². The van der Waals surface area contributed by atoms with Crippen LogP contribution in [0, 0.1) is 0 Å². The Bertz CT molecular complexity index is 502. The second-order valence-electron chi connectivity index (χ2n) is 3.30. The van der Waals surface area contributed by atoms with Gasteiger partial charge >= 0.3 is 0 Å². The monoisotopic (exact) mass is 236 g/mol. The Morgan fingerprint density at radius 3 is 3.06 bits per heavy atom. The smallest absolute Gasteiger partial charge is 0.274 e. The van der Waals surface area contributed by atoms with E-state index in [1.165, 1.54) is 0 Å². The lowest BCUT2D eigenvalue weighted by atomic mass is 10.3. The van der Waals surface area contributed by atoms with Gasteiger partial charge in [-0.2, -0.15) is 10.3 Å². The van der Waals surface area contributed by atoms with Crippen molar-refractivity contribution in [2.45, 2.75) is 20.0 Å². The van der Waals surface area contributed by atoms with Crippen molar-refractivity contribution < 1.29 is 4.79 Å². The van der Waals surface area contributed by atoms with E-state index in [4.69, 9.17) is 5.73 Å². The third kappa shape index (κ3) is 2.38. The van der Waals surface area contributed by atoms with Crippen molar-refractivity contribution in [1.82, 2.24) is 35.7 Å². The van der Waals surface area contributed by atoms with Crippen LogP contribution in [-0.4, -0.2) is 36.3 Å². The van der Waals surface area contributed by atoms with Gasteiger partial charge in [0.1, 0.15) is 0 Å². The highest BCUT2D eigenvalue weighted by Gasteiger charge is 2.14. The fraction of sp³-hybridized carbons (Fsp3) is 0.375. The molecule has 90 valence electrons. The molecule has 0 saturated carbocycles. The molecule has 0 aromatic carbocycles. The van der Waals surface area contributed by atoms with Crippen LogP contribution in [0.5, 0.6) is 0 Å². The zero-order valence-corrected chi connectivity index (χ0v) is 9.21. The number of nitrogens with one attached hydrogen (secondary N) is 2. The number of nitrogens with zero attached hydrogens (tertiary/aromatic N) is 5. The van der Waals surface area contributed by atoms with Crippen LogP contribution in [0.1, 0.15) is 23.2 Å². The quantitative estimate of drug-likeness (QED) is 0.620. The summed E-state index contributed by atoms with van der Waals surface area (Å²) in [5.41, 5.74) is 6.22. The Balaban J connectivity index is 2.01. The van der Waals surface area contributed by atoms with E-state index in [-0.39, 0.29) is 18.1 Å². The first-order chi connectivity index (χ1) is 8.20. The minimum absolute atomic E-state index is 0.174. The molecule has 0 aliphatic carbocycles. The molecule has 0 aliphatic heterocycles. The molecule has 0 radical (unpaired) electrons. The summed E-state index contributed by atoms with van der Waals surface area (Å²) in [5, 5.41) is 19.7. The molecule has 0 saturated heterocycles. The van der Waals surface area contributed by atoms with Crippen molar-refractivity contribution in [1.29, 1.82) is 0 Å². The minimum atomic E-state index is -0.362. The molecule has 0 fully saturated rings. The van der Waals surface area contributed by atoms with Crippen LogP contribution in [0.2, 0.25) is 0 Å². The second kappa shape index (κ2) is 4.60. The Kier molecular flexibility index (Phi) is 2.99. The molecular formula is C8H12N8O. The van der Waals surface area contributed by atoms with E-state index in [2.05, 4.69) is 31.0 Å². The molecule has 2 aromatic rings. The summed E-state index contributed by atoms with van der Waals surface area (Å²) in [4.78, 5) is 11.7. The zero-order chi connectivity index (χ0) is 12.3. The molecule has 17 heavy (non-hydrogen) atoms. The van der Waals surface area contributed by atoms with Crippen molar-refractivity contribution >= 4 is 11.6 Å². The number of hydrogen-bond donors (Lipinski definition) is 3. The third-order valence-corrected chi connectivity index (χ3v) is 2.13. The lowest BCUT2D eigenvalue weighted by Gasteiger charge is -1.99. The van der Waals surface area contributed by atoms with Gasteiger partial charge in [-0.1, -0.05) is 5.21 Å². The fourth-order valence-corrected chi connectivity index (χ4v) is 1.28. The van der Waals surface area contributed by atoms with E-state index in [0.29, 0.717) is 18.1 Å². The summed E-state index contributed by atoms with van der Waals surface area (Å²) in [6, 6.07) is 0. The summed E-state index contributed by atoms with van der Waals surface area (Å²) < 4.78 is 1.60. The summed E-state index contributed by atoms with van der Waals surface area (Å²) in [7, 11) is 0. The van der Waals surface area contributed by atoms with Crippen LogP contribution in [0.15, 0.2) is 6.20 Å². The topological polar surface area (TPSA) is 127 Å². The van der Waals surface area contributed by atoms with Gasteiger partial charge in [-0.15, -0.1) is 10.2 Å². The first kappa shape index (κ1) is 11.0. The average Bonchev–Trinajstić information content (AvgIpc) is 2.94. The van der Waals surface area contributed by atoms with Crippen LogP contribution in [0.25, 0.3) is 0 Å². The van der Waals surface area contributed by atoms with Gasteiger partial charge in [-0.25, -0.2) is 0 Å². The highest BCUT2D eigenvalue weighted by atomic mass is 16.2. The maximum absolute atomic E-state index is 11.7. The van der Waals surface area contributed by atoms with Gasteiger partial charge in [-0.05, 0) is 6.92 Å². The van der Waals surface area contributed by atoms with Crippen molar-refractivity contribution in [3.8, 4) is 0 Å². The molecule has 1 amide bonds. The number of amides is 1. The highest BCUT2D eigenvalue weighted by molar-refractivity contribution is 5.96. The van der Waals surface area contributed by atoms with Crippen molar-refractivity contribution in [2.24, 2.45) is 0 Å². The Hall–Kier alpha value is -2.45. The Labute approximate surface area is 96.4 Å². The number of tetrazole rings is 1. The fourth-order valence-electron chi connectivity index (χ4n) is 1.28. The van der Waals surface area contributed by atoms with Crippen LogP contribution >= 0.6 is 0 Å². The summed E-state index contributed by atoms with van der Waals surface area (Å²) in [5.74, 6) is 0.0337. The maximum atomic E-state index is 11.7. The van der Waals surface area contributed by atoms with Crippen LogP contribution in [0.4, 0.5) is 5.69 Å². The van der Waals surface area contributed by atoms with E-state index in [9.17, 15) is 4.79 Å². The van der Waals surface area contributed by atoms with E-state index in [0.717, 1.165) is 0 Å².